The second-order valence-electron chi connectivity index (χ2n) is 5.51. The Morgan fingerprint density at radius 1 is 1.29 bits per heavy atom. The van der Waals surface area contributed by atoms with Gasteiger partial charge in [-0.2, -0.15) is 0 Å². The van der Waals surface area contributed by atoms with Gasteiger partial charge in [0.2, 0.25) is 0 Å². The second-order valence-corrected chi connectivity index (χ2v) is 5.51. The van der Waals surface area contributed by atoms with E-state index < -0.39 is 0 Å². The van der Waals surface area contributed by atoms with Crippen molar-refractivity contribution in [1.29, 1.82) is 5.41 Å². The van der Waals surface area contributed by atoms with E-state index in [-0.39, 0.29) is 5.82 Å². The van der Waals surface area contributed by atoms with Crippen LogP contribution in [0.15, 0.2) is 36.4 Å². The van der Waals surface area contributed by atoms with Crippen molar-refractivity contribution in [3.63, 3.8) is 0 Å². The summed E-state index contributed by atoms with van der Waals surface area (Å²) in [4.78, 5) is 0. The Morgan fingerprint density at radius 3 is 2.62 bits per heavy atom. The Labute approximate surface area is 142 Å². The predicted molar refractivity (Wildman–Crippen MR) is 99.5 cm³/mol. The molecule has 0 aromatic heterocycles. The number of allylic oxidation sites excluding steroid dienone is 1. The van der Waals surface area contributed by atoms with Crippen molar-refractivity contribution in [2.75, 3.05) is 7.05 Å². The van der Waals surface area contributed by atoms with Gasteiger partial charge in [-0.25, -0.2) is 4.39 Å². The van der Waals surface area contributed by atoms with Crippen LogP contribution in [0.2, 0.25) is 0 Å². The molecule has 122 valence electrons. The molecule has 2 aromatic carbocycles. The summed E-state index contributed by atoms with van der Waals surface area (Å²) in [6, 6.07) is 10.5. The van der Waals surface area contributed by atoms with Crippen molar-refractivity contribution < 1.29 is 4.39 Å². The molecule has 24 heavy (non-hydrogen) atoms. The third-order valence-electron chi connectivity index (χ3n) is 4.11. The third kappa shape index (κ3) is 3.38. The van der Waals surface area contributed by atoms with E-state index in [2.05, 4.69) is 37.2 Å². The number of rotatable bonds is 5. The van der Waals surface area contributed by atoms with Crippen LogP contribution < -0.4 is 5.32 Å². The average molecular weight is 320 g/mol. The van der Waals surface area contributed by atoms with E-state index in [4.69, 9.17) is 11.8 Å². The SMILES string of the molecule is C#Cc1cc(F)ccc1/C(NC)=C(/C=N)c1ccc(C)c(CC)c1. The fourth-order valence-electron chi connectivity index (χ4n) is 2.79. The van der Waals surface area contributed by atoms with E-state index >= 15 is 0 Å². The van der Waals surface area contributed by atoms with Crippen molar-refractivity contribution in [2.24, 2.45) is 0 Å². The monoisotopic (exact) mass is 320 g/mol. The first-order valence-corrected chi connectivity index (χ1v) is 7.84. The summed E-state index contributed by atoms with van der Waals surface area (Å²) in [5, 5.41) is 11.0. The van der Waals surface area contributed by atoms with Crippen LogP contribution in [0.25, 0.3) is 11.3 Å². The van der Waals surface area contributed by atoms with Gasteiger partial charge in [0, 0.05) is 30.0 Å². The summed E-state index contributed by atoms with van der Waals surface area (Å²) in [7, 11) is 1.78. The van der Waals surface area contributed by atoms with Crippen molar-refractivity contribution >= 4 is 17.5 Å². The minimum absolute atomic E-state index is 0.373. The first-order chi connectivity index (χ1) is 11.5. The second kappa shape index (κ2) is 7.61. The first-order valence-electron chi connectivity index (χ1n) is 7.84. The van der Waals surface area contributed by atoms with E-state index in [1.54, 1.807) is 13.1 Å². The molecule has 2 rings (SSSR count). The highest BCUT2D eigenvalue weighted by molar-refractivity contribution is 6.18. The molecule has 0 heterocycles. The number of benzene rings is 2. The van der Waals surface area contributed by atoms with Crippen LogP contribution in [0, 0.1) is 30.5 Å². The van der Waals surface area contributed by atoms with Crippen LogP contribution in [0.4, 0.5) is 4.39 Å². The zero-order chi connectivity index (χ0) is 17.7. The fraction of sp³-hybridized carbons (Fsp3) is 0.190. The largest absolute Gasteiger partial charge is 0.387 e. The van der Waals surface area contributed by atoms with Crippen LogP contribution in [0.3, 0.4) is 0 Å². The van der Waals surface area contributed by atoms with Crippen molar-refractivity contribution in [3.05, 3.63) is 70.0 Å². The Balaban J connectivity index is 2.72. The molecule has 2 nitrogen and oxygen atoms in total. The predicted octanol–water partition coefficient (Wildman–Crippen LogP) is 4.42. The van der Waals surface area contributed by atoms with E-state index in [9.17, 15) is 4.39 Å². The lowest BCUT2D eigenvalue weighted by atomic mass is 9.94. The minimum Gasteiger partial charge on any atom is -0.387 e. The topological polar surface area (TPSA) is 35.9 Å². The molecule has 3 heteroatoms. The van der Waals surface area contributed by atoms with Crippen LogP contribution in [0.5, 0.6) is 0 Å². The maximum absolute atomic E-state index is 13.5. The lowest BCUT2D eigenvalue weighted by Gasteiger charge is -2.16. The zero-order valence-corrected chi connectivity index (χ0v) is 14.2. The summed E-state index contributed by atoms with van der Waals surface area (Å²) in [5.41, 5.74) is 5.99. The number of aryl methyl sites for hydroxylation is 2. The molecule has 0 atom stereocenters. The van der Waals surface area contributed by atoms with E-state index in [1.807, 2.05) is 6.07 Å². The van der Waals surface area contributed by atoms with E-state index in [0.29, 0.717) is 16.8 Å². The van der Waals surface area contributed by atoms with Crippen LogP contribution in [-0.4, -0.2) is 13.3 Å². The van der Waals surface area contributed by atoms with Crippen molar-refractivity contribution in [3.8, 4) is 12.3 Å². The lowest BCUT2D eigenvalue weighted by molar-refractivity contribution is 0.627. The van der Waals surface area contributed by atoms with Crippen molar-refractivity contribution in [1.82, 2.24) is 5.32 Å². The van der Waals surface area contributed by atoms with Gasteiger partial charge in [0.25, 0.3) is 0 Å². The highest BCUT2D eigenvalue weighted by atomic mass is 19.1. The van der Waals surface area contributed by atoms with Gasteiger partial charge in [-0.1, -0.05) is 31.0 Å². The molecule has 0 aliphatic heterocycles. The molecule has 0 saturated carbocycles. The summed E-state index contributed by atoms with van der Waals surface area (Å²) in [5.74, 6) is 2.15. The number of hydrogen-bond donors (Lipinski definition) is 2. The quantitative estimate of drug-likeness (QED) is 0.478. The Hall–Kier alpha value is -2.86. The Kier molecular flexibility index (Phi) is 5.55. The number of terminal acetylenes is 1. The standard InChI is InChI=1S/C21H21FN2/c1-5-15-11-17(8-7-14(15)3)20(13-23)21(24-4)19-10-9-18(22)12-16(19)6-2/h2,7-13,23-24H,5H2,1,3-4H3/b21-20+,23-13?. The molecule has 0 amide bonds. The normalized spacial score (nSPS) is 11.5. The molecule has 0 fully saturated rings. The molecule has 2 aromatic rings. The van der Waals surface area contributed by atoms with Crippen molar-refractivity contribution in [2.45, 2.75) is 20.3 Å². The highest BCUT2D eigenvalue weighted by Crippen LogP contribution is 2.27. The average Bonchev–Trinajstić information content (AvgIpc) is 2.60. The molecule has 0 aliphatic rings. The fourth-order valence-corrected chi connectivity index (χ4v) is 2.79. The number of hydrogen-bond acceptors (Lipinski definition) is 2. The smallest absolute Gasteiger partial charge is 0.124 e. The van der Waals surface area contributed by atoms with Gasteiger partial charge in [0.1, 0.15) is 5.82 Å². The summed E-state index contributed by atoms with van der Waals surface area (Å²) in [6.45, 7) is 4.18. The molecule has 0 unspecified atom stereocenters. The van der Waals surface area contributed by atoms with Gasteiger partial charge < -0.3 is 10.7 Å². The number of nitrogens with one attached hydrogen (secondary N) is 2. The number of halogens is 1. The molecular formula is C21H21FN2. The molecule has 2 N–H and O–H groups in total. The van der Waals surface area contributed by atoms with Gasteiger partial charge in [-0.05, 0) is 48.2 Å². The highest BCUT2D eigenvalue weighted by Gasteiger charge is 2.13. The molecular weight excluding hydrogens is 299 g/mol. The van der Waals surface area contributed by atoms with E-state index in [1.165, 1.54) is 29.5 Å². The van der Waals surface area contributed by atoms with Crippen LogP contribution in [-0.2, 0) is 6.42 Å². The van der Waals surface area contributed by atoms with E-state index in [0.717, 1.165) is 17.6 Å². The van der Waals surface area contributed by atoms with Crippen LogP contribution >= 0.6 is 0 Å². The zero-order valence-electron chi connectivity index (χ0n) is 14.2. The molecule has 0 saturated heterocycles. The lowest BCUT2D eigenvalue weighted by Crippen LogP contribution is -2.10. The van der Waals surface area contributed by atoms with Gasteiger partial charge in [0.15, 0.2) is 0 Å². The minimum atomic E-state index is -0.373. The Bertz CT molecular complexity index is 841. The summed E-state index contributed by atoms with van der Waals surface area (Å²) < 4.78 is 13.5. The third-order valence-corrected chi connectivity index (χ3v) is 4.11. The van der Waals surface area contributed by atoms with Gasteiger partial charge in [0.05, 0.1) is 5.70 Å². The summed E-state index contributed by atoms with van der Waals surface area (Å²) in [6.07, 6.45) is 7.76. The maximum Gasteiger partial charge on any atom is 0.124 e. The summed E-state index contributed by atoms with van der Waals surface area (Å²) >= 11 is 0. The Morgan fingerprint density at radius 2 is 2.04 bits per heavy atom. The molecule has 0 radical (unpaired) electrons. The first kappa shape index (κ1) is 17.5. The van der Waals surface area contributed by atoms with Crippen LogP contribution in [0.1, 0.15) is 34.7 Å². The van der Waals surface area contributed by atoms with Gasteiger partial charge in [-0.15, -0.1) is 6.42 Å². The molecule has 0 bridgehead atoms. The molecule has 0 aliphatic carbocycles. The molecule has 0 spiro atoms. The van der Waals surface area contributed by atoms with Gasteiger partial charge >= 0.3 is 0 Å². The van der Waals surface area contributed by atoms with Gasteiger partial charge in [-0.3, -0.25) is 0 Å². The maximum atomic E-state index is 13.5.